The van der Waals surface area contributed by atoms with Crippen molar-refractivity contribution in [3.8, 4) is 0 Å². The number of benzene rings is 1. The predicted octanol–water partition coefficient (Wildman–Crippen LogP) is 2.59. The van der Waals surface area contributed by atoms with Gasteiger partial charge in [-0.05, 0) is 24.5 Å². The Hall–Kier alpha value is -0.700. The first-order valence-corrected chi connectivity index (χ1v) is 4.51. The van der Waals surface area contributed by atoms with Gasteiger partial charge in [0.15, 0.2) is 0 Å². The van der Waals surface area contributed by atoms with Crippen molar-refractivity contribution in [2.75, 3.05) is 18.6 Å². The lowest BCUT2D eigenvalue weighted by Crippen LogP contribution is -1.90. The van der Waals surface area contributed by atoms with E-state index in [2.05, 4.69) is 5.32 Å². The van der Waals surface area contributed by atoms with Gasteiger partial charge in [0.05, 0.1) is 5.69 Å². The molecule has 0 radical (unpaired) electrons. The van der Waals surface area contributed by atoms with Crippen LogP contribution in [0, 0.1) is 5.82 Å². The quantitative estimate of drug-likeness (QED) is 0.686. The van der Waals surface area contributed by atoms with Crippen molar-refractivity contribution in [1.82, 2.24) is 0 Å². The van der Waals surface area contributed by atoms with Crippen molar-refractivity contribution >= 4 is 17.4 Å². The second-order valence-electron chi connectivity index (χ2n) is 2.09. The fraction of sp³-hybridized carbons (Fsp3) is 0.250. The minimum absolute atomic E-state index is 0.202. The fourth-order valence-electron chi connectivity index (χ4n) is 0.876. The van der Waals surface area contributed by atoms with Crippen LogP contribution in [0.4, 0.5) is 10.1 Å². The Kier molecular flexibility index (Phi) is 2.76. The summed E-state index contributed by atoms with van der Waals surface area (Å²) in [5.41, 5.74) is 0.845. The maximum Gasteiger partial charge on any atom is 0.125 e. The summed E-state index contributed by atoms with van der Waals surface area (Å²) >= 11 is 1.60. The number of nitrogens with one attached hydrogen (secondary N) is 1. The van der Waals surface area contributed by atoms with Gasteiger partial charge in [0, 0.05) is 11.9 Å². The van der Waals surface area contributed by atoms with Crippen molar-refractivity contribution < 1.29 is 4.39 Å². The summed E-state index contributed by atoms with van der Waals surface area (Å²) in [5, 5.41) is 2.93. The van der Waals surface area contributed by atoms with Gasteiger partial charge in [-0.25, -0.2) is 4.39 Å². The second-order valence-corrected chi connectivity index (χ2v) is 2.94. The molecule has 1 rings (SSSR count). The molecule has 11 heavy (non-hydrogen) atoms. The minimum atomic E-state index is -0.202. The van der Waals surface area contributed by atoms with E-state index in [1.54, 1.807) is 24.9 Å². The standard InChI is InChI=1S/C8H10FNS/c1-10-7-5-6(9)3-4-8(7)11-2/h3-5,10H,1-2H3. The van der Waals surface area contributed by atoms with Gasteiger partial charge < -0.3 is 5.32 Å². The highest BCUT2D eigenvalue weighted by atomic mass is 32.2. The maximum atomic E-state index is 12.6. The van der Waals surface area contributed by atoms with Crippen LogP contribution in [-0.4, -0.2) is 13.3 Å². The zero-order chi connectivity index (χ0) is 8.27. The molecule has 0 aromatic heterocycles. The van der Waals surface area contributed by atoms with Crippen molar-refractivity contribution in [1.29, 1.82) is 0 Å². The van der Waals surface area contributed by atoms with E-state index in [0.29, 0.717) is 0 Å². The summed E-state index contributed by atoms with van der Waals surface area (Å²) in [4.78, 5) is 1.06. The normalized spacial score (nSPS) is 9.73. The van der Waals surface area contributed by atoms with E-state index in [0.717, 1.165) is 10.6 Å². The first kappa shape index (κ1) is 8.40. The third-order valence-electron chi connectivity index (χ3n) is 1.43. The second kappa shape index (κ2) is 3.62. The zero-order valence-electron chi connectivity index (χ0n) is 6.52. The summed E-state index contributed by atoms with van der Waals surface area (Å²) in [6, 6.07) is 4.73. The molecule has 1 N–H and O–H groups in total. The summed E-state index contributed by atoms with van der Waals surface area (Å²) in [6.45, 7) is 0. The molecule has 1 aromatic rings. The van der Waals surface area contributed by atoms with Gasteiger partial charge in [0.1, 0.15) is 5.82 Å². The Morgan fingerprint density at radius 1 is 1.45 bits per heavy atom. The summed E-state index contributed by atoms with van der Waals surface area (Å²) < 4.78 is 12.6. The van der Waals surface area contributed by atoms with Gasteiger partial charge in [0.2, 0.25) is 0 Å². The molecule has 0 saturated carbocycles. The van der Waals surface area contributed by atoms with E-state index in [9.17, 15) is 4.39 Å². The van der Waals surface area contributed by atoms with Gasteiger partial charge in [-0.15, -0.1) is 11.8 Å². The Morgan fingerprint density at radius 3 is 2.73 bits per heavy atom. The molecule has 0 aliphatic heterocycles. The third-order valence-corrected chi connectivity index (χ3v) is 2.23. The van der Waals surface area contributed by atoms with E-state index in [-0.39, 0.29) is 5.82 Å². The number of hydrogen-bond acceptors (Lipinski definition) is 2. The largest absolute Gasteiger partial charge is 0.387 e. The number of halogens is 1. The van der Waals surface area contributed by atoms with E-state index in [4.69, 9.17) is 0 Å². The van der Waals surface area contributed by atoms with Crippen LogP contribution >= 0.6 is 11.8 Å². The lowest BCUT2D eigenvalue weighted by Gasteiger charge is -2.05. The number of rotatable bonds is 2. The molecule has 0 amide bonds. The molecule has 0 fully saturated rings. The summed E-state index contributed by atoms with van der Waals surface area (Å²) in [6.07, 6.45) is 1.97. The van der Waals surface area contributed by atoms with Gasteiger partial charge >= 0.3 is 0 Å². The smallest absolute Gasteiger partial charge is 0.125 e. The summed E-state index contributed by atoms with van der Waals surface area (Å²) in [5.74, 6) is -0.202. The average molecular weight is 171 g/mol. The Balaban J connectivity index is 3.06. The Bertz CT molecular complexity index is 250. The highest BCUT2D eigenvalue weighted by Crippen LogP contribution is 2.25. The molecule has 0 aliphatic rings. The Morgan fingerprint density at radius 2 is 2.18 bits per heavy atom. The molecule has 3 heteroatoms. The molecule has 0 saturated heterocycles. The van der Waals surface area contributed by atoms with Crippen molar-refractivity contribution in [2.24, 2.45) is 0 Å². The number of anilines is 1. The highest BCUT2D eigenvalue weighted by Gasteiger charge is 1.99. The fourth-order valence-corrected chi connectivity index (χ4v) is 1.46. The van der Waals surface area contributed by atoms with Crippen molar-refractivity contribution in [3.63, 3.8) is 0 Å². The lowest BCUT2D eigenvalue weighted by atomic mass is 10.3. The average Bonchev–Trinajstić information content (AvgIpc) is 2.04. The molecular formula is C8H10FNS. The van der Waals surface area contributed by atoms with Crippen LogP contribution in [0.3, 0.4) is 0 Å². The Labute approximate surface area is 70.0 Å². The SMILES string of the molecule is CNc1cc(F)ccc1SC. The minimum Gasteiger partial charge on any atom is -0.387 e. The maximum absolute atomic E-state index is 12.6. The van der Waals surface area contributed by atoms with Crippen LogP contribution in [0.25, 0.3) is 0 Å². The molecule has 60 valence electrons. The van der Waals surface area contributed by atoms with Crippen LogP contribution < -0.4 is 5.32 Å². The van der Waals surface area contributed by atoms with E-state index >= 15 is 0 Å². The van der Waals surface area contributed by atoms with Gasteiger partial charge in [-0.1, -0.05) is 0 Å². The molecular weight excluding hydrogens is 161 g/mol. The molecule has 0 unspecified atom stereocenters. The van der Waals surface area contributed by atoms with Crippen LogP contribution in [0.2, 0.25) is 0 Å². The van der Waals surface area contributed by atoms with Crippen molar-refractivity contribution in [2.45, 2.75) is 4.90 Å². The molecule has 1 nitrogen and oxygen atoms in total. The lowest BCUT2D eigenvalue weighted by molar-refractivity contribution is 0.627. The van der Waals surface area contributed by atoms with Crippen LogP contribution in [-0.2, 0) is 0 Å². The summed E-state index contributed by atoms with van der Waals surface area (Å²) in [7, 11) is 1.79. The monoisotopic (exact) mass is 171 g/mol. The molecule has 0 spiro atoms. The first-order chi connectivity index (χ1) is 5.27. The predicted molar refractivity (Wildman–Crippen MR) is 47.7 cm³/mol. The zero-order valence-corrected chi connectivity index (χ0v) is 7.33. The molecule has 0 atom stereocenters. The van der Waals surface area contributed by atoms with E-state index in [1.165, 1.54) is 12.1 Å². The molecule has 0 aliphatic carbocycles. The number of thioether (sulfide) groups is 1. The van der Waals surface area contributed by atoms with Crippen LogP contribution in [0.5, 0.6) is 0 Å². The van der Waals surface area contributed by atoms with E-state index in [1.807, 2.05) is 6.26 Å². The molecule has 0 heterocycles. The molecule has 0 bridgehead atoms. The molecule has 1 aromatic carbocycles. The topological polar surface area (TPSA) is 12.0 Å². The van der Waals surface area contributed by atoms with Crippen LogP contribution in [0.1, 0.15) is 0 Å². The first-order valence-electron chi connectivity index (χ1n) is 3.29. The van der Waals surface area contributed by atoms with Crippen molar-refractivity contribution in [3.05, 3.63) is 24.0 Å². The van der Waals surface area contributed by atoms with Crippen LogP contribution in [0.15, 0.2) is 23.1 Å². The van der Waals surface area contributed by atoms with Gasteiger partial charge in [-0.3, -0.25) is 0 Å². The van der Waals surface area contributed by atoms with Gasteiger partial charge in [0.25, 0.3) is 0 Å². The van der Waals surface area contributed by atoms with Gasteiger partial charge in [-0.2, -0.15) is 0 Å². The highest BCUT2D eigenvalue weighted by molar-refractivity contribution is 7.98. The number of hydrogen-bond donors (Lipinski definition) is 1. The third kappa shape index (κ3) is 1.87. The van der Waals surface area contributed by atoms with E-state index < -0.39 is 0 Å².